The van der Waals surface area contributed by atoms with Gasteiger partial charge in [0.2, 0.25) is 0 Å². The standard InChI is InChI=1S/C10H12ClNO2/c1-3-14-10(13)12-9-5-4-7(2)6-8(9)11/h4-6H,3H2,1-2H3,(H,12,13). The van der Waals surface area contributed by atoms with Crippen LogP contribution in [0, 0.1) is 6.92 Å². The summed E-state index contributed by atoms with van der Waals surface area (Å²) in [6.45, 7) is 4.02. The SMILES string of the molecule is CCOC(=O)Nc1ccc(C)cc1Cl. The quantitative estimate of drug-likeness (QED) is 0.819. The predicted octanol–water partition coefficient (Wildman–Crippen LogP) is 3.22. The van der Waals surface area contributed by atoms with Crippen LogP contribution in [0.4, 0.5) is 10.5 Å². The van der Waals surface area contributed by atoms with Gasteiger partial charge in [0, 0.05) is 0 Å². The Morgan fingerprint density at radius 3 is 2.86 bits per heavy atom. The number of halogens is 1. The van der Waals surface area contributed by atoms with Crippen molar-refractivity contribution in [2.24, 2.45) is 0 Å². The average Bonchev–Trinajstić information content (AvgIpc) is 2.10. The first kappa shape index (κ1) is 10.9. The van der Waals surface area contributed by atoms with Crippen molar-refractivity contribution in [3.8, 4) is 0 Å². The zero-order valence-corrected chi connectivity index (χ0v) is 8.89. The molecule has 0 fully saturated rings. The van der Waals surface area contributed by atoms with E-state index >= 15 is 0 Å². The third-order valence-electron chi connectivity index (χ3n) is 1.64. The topological polar surface area (TPSA) is 38.3 Å². The Kier molecular flexibility index (Phi) is 3.77. The van der Waals surface area contributed by atoms with Crippen molar-refractivity contribution in [2.75, 3.05) is 11.9 Å². The van der Waals surface area contributed by atoms with Crippen LogP contribution in [-0.2, 0) is 4.74 Å². The van der Waals surface area contributed by atoms with Crippen molar-refractivity contribution in [1.82, 2.24) is 0 Å². The number of hydrogen-bond donors (Lipinski definition) is 1. The Morgan fingerprint density at radius 1 is 1.57 bits per heavy atom. The molecule has 0 saturated carbocycles. The highest BCUT2D eigenvalue weighted by molar-refractivity contribution is 6.33. The summed E-state index contributed by atoms with van der Waals surface area (Å²) in [4.78, 5) is 11.1. The molecule has 0 aliphatic rings. The summed E-state index contributed by atoms with van der Waals surface area (Å²) < 4.78 is 4.72. The fourth-order valence-corrected chi connectivity index (χ4v) is 1.28. The molecule has 0 unspecified atom stereocenters. The molecule has 4 heteroatoms. The molecular weight excluding hydrogens is 202 g/mol. The number of amides is 1. The van der Waals surface area contributed by atoms with Gasteiger partial charge in [0.15, 0.2) is 0 Å². The van der Waals surface area contributed by atoms with Crippen LogP contribution in [0.15, 0.2) is 18.2 Å². The number of nitrogens with one attached hydrogen (secondary N) is 1. The molecule has 0 heterocycles. The molecule has 0 aliphatic heterocycles. The van der Waals surface area contributed by atoms with Crippen LogP contribution in [0.1, 0.15) is 12.5 Å². The van der Waals surface area contributed by atoms with Crippen LogP contribution in [0.5, 0.6) is 0 Å². The third-order valence-corrected chi connectivity index (χ3v) is 1.95. The van der Waals surface area contributed by atoms with Crippen LogP contribution in [-0.4, -0.2) is 12.7 Å². The van der Waals surface area contributed by atoms with Gasteiger partial charge in [0.05, 0.1) is 17.3 Å². The highest BCUT2D eigenvalue weighted by Gasteiger charge is 2.05. The molecule has 1 aromatic carbocycles. The molecular formula is C10H12ClNO2. The summed E-state index contributed by atoms with van der Waals surface area (Å²) >= 11 is 5.90. The first-order chi connectivity index (χ1) is 6.63. The lowest BCUT2D eigenvalue weighted by Gasteiger charge is -2.07. The first-order valence-electron chi connectivity index (χ1n) is 4.33. The predicted molar refractivity (Wildman–Crippen MR) is 56.8 cm³/mol. The van der Waals surface area contributed by atoms with E-state index < -0.39 is 6.09 Å². The van der Waals surface area contributed by atoms with Crippen LogP contribution >= 0.6 is 11.6 Å². The van der Waals surface area contributed by atoms with E-state index in [0.717, 1.165) is 5.56 Å². The second-order valence-electron chi connectivity index (χ2n) is 2.83. The largest absolute Gasteiger partial charge is 0.450 e. The molecule has 0 aliphatic carbocycles. The number of benzene rings is 1. The van der Waals surface area contributed by atoms with E-state index in [1.54, 1.807) is 19.1 Å². The van der Waals surface area contributed by atoms with Gasteiger partial charge in [-0.15, -0.1) is 0 Å². The smallest absolute Gasteiger partial charge is 0.411 e. The normalized spacial score (nSPS) is 9.64. The maximum absolute atomic E-state index is 11.1. The lowest BCUT2D eigenvalue weighted by molar-refractivity contribution is 0.168. The molecule has 1 aromatic rings. The molecule has 0 atom stereocenters. The fourth-order valence-electron chi connectivity index (χ4n) is 0.999. The van der Waals surface area contributed by atoms with Gasteiger partial charge < -0.3 is 4.74 Å². The van der Waals surface area contributed by atoms with Crippen molar-refractivity contribution in [3.05, 3.63) is 28.8 Å². The summed E-state index contributed by atoms with van der Waals surface area (Å²) in [6, 6.07) is 5.39. The van der Waals surface area contributed by atoms with E-state index in [4.69, 9.17) is 16.3 Å². The first-order valence-corrected chi connectivity index (χ1v) is 4.71. The van der Waals surface area contributed by atoms with Crippen molar-refractivity contribution in [1.29, 1.82) is 0 Å². The summed E-state index contributed by atoms with van der Waals surface area (Å²) in [5.74, 6) is 0. The molecule has 14 heavy (non-hydrogen) atoms. The van der Waals surface area contributed by atoms with Gasteiger partial charge in [-0.2, -0.15) is 0 Å². The van der Waals surface area contributed by atoms with Crippen molar-refractivity contribution in [3.63, 3.8) is 0 Å². The van der Waals surface area contributed by atoms with E-state index in [0.29, 0.717) is 17.3 Å². The van der Waals surface area contributed by atoms with E-state index in [1.807, 2.05) is 13.0 Å². The number of aryl methyl sites for hydroxylation is 1. The average molecular weight is 214 g/mol. The Morgan fingerprint density at radius 2 is 2.29 bits per heavy atom. The highest BCUT2D eigenvalue weighted by atomic mass is 35.5. The molecule has 0 saturated heterocycles. The van der Waals surface area contributed by atoms with E-state index in [1.165, 1.54) is 0 Å². The molecule has 1 rings (SSSR count). The third kappa shape index (κ3) is 2.92. The summed E-state index contributed by atoms with van der Waals surface area (Å²) in [5, 5.41) is 3.06. The van der Waals surface area contributed by atoms with Gasteiger partial charge >= 0.3 is 6.09 Å². The number of rotatable bonds is 2. The monoisotopic (exact) mass is 213 g/mol. The van der Waals surface area contributed by atoms with E-state index in [-0.39, 0.29) is 0 Å². The minimum absolute atomic E-state index is 0.343. The lowest BCUT2D eigenvalue weighted by atomic mass is 10.2. The molecule has 1 amide bonds. The van der Waals surface area contributed by atoms with Gasteiger partial charge in [-0.3, -0.25) is 5.32 Å². The van der Waals surface area contributed by atoms with Gasteiger partial charge in [-0.25, -0.2) is 4.79 Å². The number of ether oxygens (including phenoxy) is 1. The molecule has 0 aromatic heterocycles. The molecule has 0 spiro atoms. The van der Waals surface area contributed by atoms with Crippen molar-refractivity contribution in [2.45, 2.75) is 13.8 Å². The second kappa shape index (κ2) is 4.86. The molecule has 76 valence electrons. The van der Waals surface area contributed by atoms with Crippen molar-refractivity contribution < 1.29 is 9.53 Å². The Hall–Kier alpha value is -1.22. The minimum atomic E-state index is -0.488. The number of anilines is 1. The molecule has 0 bridgehead atoms. The van der Waals surface area contributed by atoms with Crippen LogP contribution in [0.3, 0.4) is 0 Å². The Labute approximate surface area is 88.0 Å². The zero-order valence-electron chi connectivity index (χ0n) is 8.13. The Bertz CT molecular complexity index is 339. The summed E-state index contributed by atoms with van der Waals surface area (Å²) in [5.41, 5.74) is 1.61. The number of hydrogen-bond acceptors (Lipinski definition) is 2. The lowest BCUT2D eigenvalue weighted by Crippen LogP contribution is -2.13. The fraction of sp³-hybridized carbons (Fsp3) is 0.300. The van der Waals surface area contributed by atoms with Crippen LogP contribution in [0.25, 0.3) is 0 Å². The Balaban J connectivity index is 2.72. The number of carbonyl (C=O) groups is 1. The summed E-state index contributed by atoms with van der Waals surface area (Å²) in [6.07, 6.45) is -0.488. The second-order valence-corrected chi connectivity index (χ2v) is 3.24. The highest BCUT2D eigenvalue weighted by Crippen LogP contribution is 2.22. The van der Waals surface area contributed by atoms with Gasteiger partial charge in [-0.05, 0) is 31.5 Å². The van der Waals surface area contributed by atoms with E-state index in [2.05, 4.69) is 5.32 Å². The molecule has 3 nitrogen and oxygen atoms in total. The maximum Gasteiger partial charge on any atom is 0.411 e. The zero-order chi connectivity index (χ0) is 10.6. The van der Waals surface area contributed by atoms with Gasteiger partial charge in [0.1, 0.15) is 0 Å². The minimum Gasteiger partial charge on any atom is -0.450 e. The summed E-state index contributed by atoms with van der Waals surface area (Å²) in [7, 11) is 0. The molecule has 1 N–H and O–H groups in total. The van der Waals surface area contributed by atoms with Crippen LogP contribution in [0.2, 0.25) is 5.02 Å². The number of carbonyl (C=O) groups excluding carboxylic acids is 1. The van der Waals surface area contributed by atoms with Gasteiger partial charge in [-0.1, -0.05) is 17.7 Å². The molecule has 0 radical (unpaired) electrons. The van der Waals surface area contributed by atoms with Crippen molar-refractivity contribution >= 4 is 23.4 Å². The van der Waals surface area contributed by atoms with Gasteiger partial charge in [0.25, 0.3) is 0 Å². The maximum atomic E-state index is 11.1. The van der Waals surface area contributed by atoms with Crippen LogP contribution < -0.4 is 5.32 Å². The van der Waals surface area contributed by atoms with E-state index in [9.17, 15) is 4.79 Å².